The average Bonchev–Trinajstić information content (AvgIpc) is 3.15. The van der Waals surface area contributed by atoms with Crippen molar-refractivity contribution in [1.29, 1.82) is 0 Å². The van der Waals surface area contributed by atoms with Gasteiger partial charge in [-0.3, -0.25) is 23.5 Å². The molecule has 0 bridgehead atoms. The maximum absolute atomic E-state index is 13.7. The number of nitrogen functional groups attached to an aromatic ring is 1. The molecular weight excluding hydrogens is 751 g/mol. The fourth-order valence-electron chi connectivity index (χ4n) is 6.12. The van der Waals surface area contributed by atoms with Crippen molar-refractivity contribution >= 4 is 71.8 Å². The number of anilines is 4. The van der Waals surface area contributed by atoms with E-state index in [4.69, 9.17) is 11.5 Å². The van der Waals surface area contributed by atoms with E-state index >= 15 is 0 Å². The first-order valence-electron chi connectivity index (χ1n) is 17.3. The number of carbonyl (C=O) groups is 3. The van der Waals surface area contributed by atoms with Crippen LogP contribution in [0.3, 0.4) is 0 Å². The molecule has 0 spiro atoms. The molecule has 18 heteroatoms. The van der Waals surface area contributed by atoms with Crippen molar-refractivity contribution in [3.63, 3.8) is 0 Å². The van der Waals surface area contributed by atoms with E-state index < -0.39 is 52.8 Å². The minimum Gasteiger partial charge on any atom is -0.397 e. The van der Waals surface area contributed by atoms with E-state index in [9.17, 15) is 40.3 Å². The summed E-state index contributed by atoms with van der Waals surface area (Å²) in [5.74, 6) is -1.47. The highest BCUT2D eigenvalue weighted by atomic mass is 32.2. The number of benzene rings is 4. The van der Waals surface area contributed by atoms with Gasteiger partial charge in [0, 0.05) is 49.9 Å². The van der Waals surface area contributed by atoms with Crippen molar-refractivity contribution in [3.8, 4) is 0 Å². The van der Waals surface area contributed by atoms with Crippen molar-refractivity contribution in [2.24, 2.45) is 16.0 Å². The Hall–Kier alpha value is -5.53. The second-order valence-corrected chi connectivity index (χ2v) is 15.6. The van der Waals surface area contributed by atoms with Crippen molar-refractivity contribution in [2.75, 3.05) is 42.6 Å². The van der Waals surface area contributed by atoms with Gasteiger partial charge >= 0.3 is 0 Å². The third kappa shape index (κ3) is 9.78. The number of carbonyl (C=O) groups excluding carboxylic acids is 3. The van der Waals surface area contributed by atoms with Crippen LogP contribution in [0.15, 0.2) is 92.8 Å². The van der Waals surface area contributed by atoms with E-state index in [-0.39, 0.29) is 39.7 Å². The molecule has 5 rings (SSSR count). The summed E-state index contributed by atoms with van der Waals surface area (Å²) in [6.07, 6.45) is 5.36. The minimum absolute atomic E-state index is 0.00225. The number of ketones is 2. The van der Waals surface area contributed by atoms with Crippen LogP contribution in [-0.4, -0.2) is 70.1 Å². The lowest BCUT2D eigenvalue weighted by Gasteiger charge is -2.24. The Morgan fingerprint density at radius 1 is 0.745 bits per heavy atom. The summed E-state index contributed by atoms with van der Waals surface area (Å²) in [5, 5.41) is 13.7. The van der Waals surface area contributed by atoms with Crippen LogP contribution in [-0.2, 0) is 25.0 Å². The molecule has 0 aromatic heterocycles. The zero-order valence-electron chi connectivity index (χ0n) is 29.9. The van der Waals surface area contributed by atoms with Crippen molar-refractivity contribution < 1.29 is 40.3 Å². The van der Waals surface area contributed by atoms with E-state index in [1.54, 1.807) is 12.1 Å². The van der Waals surface area contributed by atoms with Crippen molar-refractivity contribution in [3.05, 3.63) is 95.1 Å². The van der Waals surface area contributed by atoms with E-state index in [0.29, 0.717) is 25.2 Å². The van der Waals surface area contributed by atoms with E-state index in [1.807, 2.05) is 19.2 Å². The lowest BCUT2D eigenvalue weighted by molar-refractivity contribution is -0.121. The summed E-state index contributed by atoms with van der Waals surface area (Å²) in [7, 11) is -8.04. The number of amides is 1. The molecule has 8 N–H and O–H groups in total. The summed E-state index contributed by atoms with van der Waals surface area (Å²) in [6.45, 7) is 1.75. The molecule has 0 saturated carbocycles. The van der Waals surface area contributed by atoms with Crippen LogP contribution >= 0.6 is 0 Å². The van der Waals surface area contributed by atoms with Crippen LogP contribution in [0.1, 0.15) is 70.4 Å². The molecule has 290 valence electrons. The monoisotopic (exact) mass is 791 g/mol. The van der Waals surface area contributed by atoms with Crippen LogP contribution in [0.25, 0.3) is 0 Å². The Morgan fingerprint density at radius 2 is 1.33 bits per heavy atom. The van der Waals surface area contributed by atoms with Gasteiger partial charge in [-0.25, -0.2) is 0 Å². The largest absolute Gasteiger partial charge is 0.397 e. The number of hydrogen-bond acceptors (Lipinski definition) is 13. The summed E-state index contributed by atoms with van der Waals surface area (Å²) >= 11 is 0. The number of fused-ring (bicyclic) bond motifs is 2. The number of nitrogens with zero attached hydrogens (tertiary/aromatic N) is 3. The maximum Gasteiger partial charge on any atom is 0.296 e. The first-order valence-corrected chi connectivity index (χ1v) is 20.2. The molecular formula is C37H41N7O9S2. The second kappa shape index (κ2) is 17.3. The second-order valence-electron chi connectivity index (χ2n) is 12.8. The standard InChI is InChI=1S/C37H41N7O9S2/c1-44(20-8-4-2-3-5-11-32(45)40-19-18-38)25-15-12-23(13-16-25)42-43-24-14-17-28(30(21-24)54(48,49)50)41-29-22-31(55(51,52)53)35(39)34-33(29)36(46)26-9-6-7-10-27(26)37(34)47/h6-7,9-10,12-17,21-22,41H,2-5,8,11,18-20,38-39H2,1H3,(H,40,45)(H,48,49,50)(H,51,52,53)/b43-42+. The Morgan fingerprint density at radius 3 is 1.96 bits per heavy atom. The van der Waals surface area contributed by atoms with Crippen LogP contribution < -0.4 is 27.0 Å². The first-order chi connectivity index (χ1) is 26.1. The number of unbranched alkanes of at least 4 members (excludes halogenated alkanes) is 4. The third-order valence-electron chi connectivity index (χ3n) is 8.93. The van der Waals surface area contributed by atoms with Gasteiger partial charge in [-0.05, 0) is 61.4 Å². The number of nitrogens with one attached hydrogen (secondary N) is 2. The predicted octanol–water partition coefficient (Wildman–Crippen LogP) is 5.55. The lowest BCUT2D eigenvalue weighted by atomic mass is 9.82. The Balaban J connectivity index is 1.30. The maximum atomic E-state index is 13.7. The molecule has 0 saturated heterocycles. The van der Waals surface area contributed by atoms with Gasteiger partial charge in [-0.1, -0.05) is 43.5 Å². The highest BCUT2D eigenvalue weighted by molar-refractivity contribution is 7.86. The van der Waals surface area contributed by atoms with Gasteiger partial charge in [-0.2, -0.15) is 27.1 Å². The number of nitrogens with two attached hydrogens (primary N) is 2. The topological polar surface area (TPSA) is 264 Å². The zero-order chi connectivity index (χ0) is 39.9. The molecule has 1 aliphatic carbocycles. The first kappa shape index (κ1) is 40.7. The van der Waals surface area contributed by atoms with Gasteiger partial charge in [-0.15, -0.1) is 0 Å². The normalized spacial score (nSPS) is 12.7. The Kier molecular flexibility index (Phi) is 12.8. The lowest BCUT2D eigenvalue weighted by Crippen LogP contribution is -2.28. The fraction of sp³-hybridized carbons (Fsp3) is 0.270. The molecule has 0 aliphatic heterocycles. The summed E-state index contributed by atoms with van der Waals surface area (Å²) in [4.78, 5) is 39.3. The molecule has 4 aromatic carbocycles. The van der Waals surface area contributed by atoms with Gasteiger partial charge < -0.3 is 27.0 Å². The van der Waals surface area contributed by atoms with Gasteiger partial charge in [0.25, 0.3) is 20.2 Å². The predicted molar refractivity (Wildman–Crippen MR) is 207 cm³/mol. The van der Waals surface area contributed by atoms with E-state index in [1.165, 1.54) is 36.4 Å². The third-order valence-corrected chi connectivity index (χ3v) is 10.7. The fourth-order valence-corrected chi connectivity index (χ4v) is 7.44. The van der Waals surface area contributed by atoms with Crippen LogP contribution in [0.5, 0.6) is 0 Å². The van der Waals surface area contributed by atoms with Gasteiger partial charge in [0.2, 0.25) is 5.91 Å². The molecule has 1 aliphatic rings. The smallest absolute Gasteiger partial charge is 0.296 e. The van der Waals surface area contributed by atoms with E-state index in [2.05, 4.69) is 25.8 Å². The molecule has 0 heterocycles. The van der Waals surface area contributed by atoms with Crippen LogP contribution in [0, 0.1) is 0 Å². The molecule has 0 unspecified atom stereocenters. The van der Waals surface area contributed by atoms with Gasteiger partial charge in [0.05, 0.1) is 39.6 Å². The SMILES string of the molecule is CN(CCCCCCCC(=O)NCCN)c1ccc(/N=N/c2ccc(Nc3cc(S(=O)(=O)O)c(N)c4c3C(=O)c3ccccc3C4=O)c(S(=O)(=O)O)c2)cc1. The number of azo groups is 1. The van der Waals surface area contributed by atoms with Crippen LogP contribution in [0.4, 0.5) is 34.1 Å². The van der Waals surface area contributed by atoms with Crippen molar-refractivity contribution in [1.82, 2.24) is 5.32 Å². The highest BCUT2D eigenvalue weighted by Gasteiger charge is 2.37. The minimum atomic E-state index is -5.04. The molecule has 0 radical (unpaired) electrons. The highest BCUT2D eigenvalue weighted by Crippen LogP contribution is 2.41. The average molecular weight is 792 g/mol. The zero-order valence-corrected chi connectivity index (χ0v) is 31.5. The molecule has 16 nitrogen and oxygen atoms in total. The number of rotatable bonds is 17. The van der Waals surface area contributed by atoms with Gasteiger partial charge in [0.15, 0.2) is 11.6 Å². The summed E-state index contributed by atoms with van der Waals surface area (Å²) in [6, 6.07) is 17.4. The number of hydrogen-bond donors (Lipinski definition) is 6. The van der Waals surface area contributed by atoms with Crippen molar-refractivity contribution in [2.45, 2.75) is 48.3 Å². The molecule has 0 atom stereocenters. The summed E-state index contributed by atoms with van der Waals surface area (Å²) < 4.78 is 69.8. The van der Waals surface area contributed by atoms with Crippen LogP contribution in [0.2, 0.25) is 0 Å². The molecule has 0 fully saturated rings. The summed E-state index contributed by atoms with van der Waals surface area (Å²) in [5.41, 5.74) is 10.6. The van der Waals surface area contributed by atoms with Gasteiger partial charge in [0.1, 0.15) is 9.79 Å². The molecule has 1 amide bonds. The molecule has 55 heavy (non-hydrogen) atoms. The van der Waals surface area contributed by atoms with E-state index in [0.717, 1.165) is 56.5 Å². The molecule has 4 aromatic rings. The Bertz CT molecular complexity index is 2370. The quantitative estimate of drug-likeness (QED) is 0.0292. The Labute approximate surface area is 318 Å².